The molecule has 2 rings (SSSR count). The van der Waals surface area contributed by atoms with Crippen LogP contribution in [0.3, 0.4) is 0 Å². The van der Waals surface area contributed by atoms with Crippen molar-refractivity contribution in [2.24, 2.45) is 5.92 Å². The summed E-state index contributed by atoms with van der Waals surface area (Å²) in [6, 6.07) is 7.63. The van der Waals surface area contributed by atoms with Gasteiger partial charge in [-0.25, -0.2) is 0 Å². The normalized spacial score (nSPS) is 16.0. The summed E-state index contributed by atoms with van der Waals surface area (Å²) in [5.41, 5.74) is 0.646. The fourth-order valence-corrected chi connectivity index (χ4v) is 2.51. The molecule has 0 amide bonds. The standard InChI is InChI=1S/C13H14BrNO/c14-13-7-12(6-5-11(13)8-15)16-9-10-3-1-2-4-10/h5-7,10H,1-4,9H2. The van der Waals surface area contributed by atoms with Crippen LogP contribution in [0.25, 0.3) is 0 Å². The minimum Gasteiger partial charge on any atom is -0.493 e. The lowest BCUT2D eigenvalue weighted by molar-refractivity contribution is 0.252. The summed E-state index contributed by atoms with van der Waals surface area (Å²) in [5, 5.41) is 8.79. The topological polar surface area (TPSA) is 33.0 Å². The number of halogens is 1. The summed E-state index contributed by atoms with van der Waals surface area (Å²) in [7, 11) is 0. The van der Waals surface area contributed by atoms with Crippen LogP contribution in [-0.4, -0.2) is 6.61 Å². The highest BCUT2D eigenvalue weighted by Gasteiger charge is 2.15. The van der Waals surface area contributed by atoms with Gasteiger partial charge in [-0.1, -0.05) is 12.8 Å². The van der Waals surface area contributed by atoms with Crippen LogP contribution in [0.2, 0.25) is 0 Å². The maximum Gasteiger partial charge on any atom is 0.120 e. The molecule has 1 aliphatic carbocycles. The number of hydrogen-bond acceptors (Lipinski definition) is 2. The monoisotopic (exact) mass is 279 g/mol. The number of ether oxygens (including phenoxy) is 1. The van der Waals surface area contributed by atoms with Gasteiger partial charge in [0.05, 0.1) is 12.2 Å². The molecule has 16 heavy (non-hydrogen) atoms. The molecular weight excluding hydrogens is 266 g/mol. The lowest BCUT2D eigenvalue weighted by Gasteiger charge is -2.11. The second kappa shape index (κ2) is 5.36. The van der Waals surface area contributed by atoms with Crippen molar-refractivity contribution in [1.82, 2.24) is 0 Å². The van der Waals surface area contributed by atoms with Gasteiger partial charge in [0.2, 0.25) is 0 Å². The van der Waals surface area contributed by atoms with E-state index in [0.717, 1.165) is 22.7 Å². The van der Waals surface area contributed by atoms with E-state index in [4.69, 9.17) is 10.00 Å². The van der Waals surface area contributed by atoms with Crippen molar-refractivity contribution >= 4 is 15.9 Å². The van der Waals surface area contributed by atoms with Crippen LogP contribution >= 0.6 is 15.9 Å². The number of nitrogens with zero attached hydrogens (tertiary/aromatic N) is 1. The summed E-state index contributed by atoms with van der Waals surface area (Å²) in [6.45, 7) is 0.804. The van der Waals surface area contributed by atoms with Gasteiger partial charge in [-0.15, -0.1) is 0 Å². The molecule has 1 aromatic carbocycles. The molecule has 1 fully saturated rings. The average molecular weight is 280 g/mol. The fraction of sp³-hybridized carbons (Fsp3) is 0.462. The first-order valence-corrected chi connectivity index (χ1v) is 6.41. The molecule has 0 unspecified atom stereocenters. The minimum absolute atomic E-state index is 0.646. The van der Waals surface area contributed by atoms with Gasteiger partial charge in [0.15, 0.2) is 0 Å². The molecule has 0 N–H and O–H groups in total. The molecule has 0 spiro atoms. The molecule has 0 atom stereocenters. The van der Waals surface area contributed by atoms with E-state index in [9.17, 15) is 0 Å². The van der Waals surface area contributed by atoms with E-state index in [-0.39, 0.29) is 0 Å². The van der Waals surface area contributed by atoms with E-state index in [1.807, 2.05) is 12.1 Å². The molecule has 1 aliphatic rings. The van der Waals surface area contributed by atoms with Gasteiger partial charge in [-0.2, -0.15) is 5.26 Å². The largest absolute Gasteiger partial charge is 0.493 e. The van der Waals surface area contributed by atoms with Gasteiger partial charge in [0.25, 0.3) is 0 Å². The Hall–Kier alpha value is -1.01. The molecule has 1 aromatic rings. The van der Waals surface area contributed by atoms with Crippen molar-refractivity contribution in [1.29, 1.82) is 5.26 Å². The second-order valence-corrected chi connectivity index (χ2v) is 5.07. The van der Waals surface area contributed by atoms with Crippen molar-refractivity contribution in [3.05, 3.63) is 28.2 Å². The predicted molar refractivity (Wildman–Crippen MR) is 66.3 cm³/mol. The number of hydrogen-bond donors (Lipinski definition) is 0. The first-order chi connectivity index (χ1) is 7.79. The van der Waals surface area contributed by atoms with Crippen molar-refractivity contribution in [2.45, 2.75) is 25.7 Å². The van der Waals surface area contributed by atoms with Crippen molar-refractivity contribution in [2.75, 3.05) is 6.61 Å². The van der Waals surface area contributed by atoms with Gasteiger partial charge in [0, 0.05) is 4.47 Å². The molecule has 1 saturated carbocycles. The van der Waals surface area contributed by atoms with Crippen molar-refractivity contribution in [3.8, 4) is 11.8 Å². The Morgan fingerprint density at radius 3 is 2.75 bits per heavy atom. The van der Waals surface area contributed by atoms with E-state index >= 15 is 0 Å². The third-order valence-electron chi connectivity index (χ3n) is 3.02. The SMILES string of the molecule is N#Cc1ccc(OCC2CCCC2)cc1Br. The van der Waals surface area contributed by atoms with Crippen LogP contribution in [0.15, 0.2) is 22.7 Å². The Bertz CT molecular complexity index is 405. The molecule has 0 aromatic heterocycles. The number of benzene rings is 1. The summed E-state index contributed by atoms with van der Waals surface area (Å²) in [4.78, 5) is 0. The van der Waals surface area contributed by atoms with E-state index in [1.54, 1.807) is 6.07 Å². The summed E-state index contributed by atoms with van der Waals surface area (Å²) in [5.74, 6) is 1.56. The maximum atomic E-state index is 8.79. The fourth-order valence-electron chi connectivity index (χ4n) is 2.07. The molecule has 2 nitrogen and oxygen atoms in total. The Balaban J connectivity index is 1.94. The van der Waals surface area contributed by atoms with Gasteiger partial charge in [-0.3, -0.25) is 0 Å². The summed E-state index contributed by atoms with van der Waals surface area (Å²) >= 11 is 3.36. The van der Waals surface area contributed by atoms with Crippen LogP contribution in [0.5, 0.6) is 5.75 Å². The quantitative estimate of drug-likeness (QED) is 0.841. The zero-order chi connectivity index (χ0) is 11.4. The molecule has 0 aliphatic heterocycles. The van der Waals surface area contributed by atoms with Gasteiger partial charge in [-0.05, 0) is 52.9 Å². The van der Waals surface area contributed by atoms with Crippen molar-refractivity contribution < 1.29 is 4.74 Å². The van der Waals surface area contributed by atoms with Gasteiger partial charge in [0.1, 0.15) is 11.8 Å². The Labute approximate surface area is 104 Å². The Morgan fingerprint density at radius 2 is 2.12 bits per heavy atom. The number of nitriles is 1. The van der Waals surface area contributed by atoms with Gasteiger partial charge >= 0.3 is 0 Å². The molecule has 0 bridgehead atoms. The predicted octanol–water partition coefficient (Wildman–Crippen LogP) is 3.89. The lowest BCUT2D eigenvalue weighted by atomic mass is 10.1. The Kier molecular flexibility index (Phi) is 3.84. The summed E-state index contributed by atoms with van der Waals surface area (Å²) in [6.07, 6.45) is 5.26. The van der Waals surface area contributed by atoms with E-state index < -0.39 is 0 Å². The van der Waals surface area contributed by atoms with Crippen LogP contribution in [-0.2, 0) is 0 Å². The van der Waals surface area contributed by atoms with E-state index in [1.165, 1.54) is 25.7 Å². The molecule has 0 radical (unpaired) electrons. The van der Waals surface area contributed by atoms with Crippen LogP contribution in [0.1, 0.15) is 31.2 Å². The van der Waals surface area contributed by atoms with Crippen LogP contribution < -0.4 is 4.74 Å². The number of rotatable bonds is 3. The highest BCUT2D eigenvalue weighted by Crippen LogP contribution is 2.27. The van der Waals surface area contributed by atoms with Crippen LogP contribution in [0.4, 0.5) is 0 Å². The lowest BCUT2D eigenvalue weighted by Crippen LogP contribution is -2.07. The molecule has 3 heteroatoms. The highest BCUT2D eigenvalue weighted by atomic mass is 79.9. The smallest absolute Gasteiger partial charge is 0.120 e. The summed E-state index contributed by atoms with van der Waals surface area (Å²) < 4.78 is 6.54. The minimum atomic E-state index is 0.646. The second-order valence-electron chi connectivity index (χ2n) is 4.21. The molecular formula is C13H14BrNO. The zero-order valence-electron chi connectivity index (χ0n) is 9.08. The molecule has 84 valence electrons. The van der Waals surface area contributed by atoms with Crippen molar-refractivity contribution in [3.63, 3.8) is 0 Å². The third-order valence-corrected chi connectivity index (χ3v) is 3.68. The first-order valence-electron chi connectivity index (χ1n) is 5.62. The van der Waals surface area contributed by atoms with Crippen LogP contribution in [0, 0.1) is 17.2 Å². The highest BCUT2D eigenvalue weighted by molar-refractivity contribution is 9.10. The average Bonchev–Trinajstić information content (AvgIpc) is 2.79. The van der Waals surface area contributed by atoms with E-state index in [0.29, 0.717) is 5.56 Å². The zero-order valence-corrected chi connectivity index (χ0v) is 10.7. The Morgan fingerprint density at radius 1 is 1.38 bits per heavy atom. The third kappa shape index (κ3) is 2.76. The molecule has 0 saturated heterocycles. The molecule has 0 heterocycles. The maximum absolute atomic E-state index is 8.79. The van der Waals surface area contributed by atoms with Gasteiger partial charge < -0.3 is 4.74 Å². The first kappa shape index (κ1) is 11.5. The van der Waals surface area contributed by atoms with E-state index in [2.05, 4.69) is 22.0 Å².